The van der Waals surface area contributed by atoms with Gasteiger partial charge in [-0.3, -0.25) is 4.79 Å². The summed E-state index contributed by atoms with van der Waals surface area (Å²) in [6, 6.07) is 10.2. The van der Waals surface area contributed by atoms with E-state index in [4.69, 9.17) is 0 Å². The molecule has 0 aliphatic heterocycles. The first-order chi connectivity index (χ1) is 8.41. The molecule has 0 aliphatic carbocycles. The van der Waals surface area contributed by atoms with Crippen molar-refractivity contribution >= 4 is 17.3 Å². The summed E-state index contributed by atoms with van der Waals surface area (Å²) in [5.41, 5.74) is 2.38. The smallest absolute Gasteiger partial charge is 0.313 e. The number of thiophene rings is 1. The third kappa shape index (κ3) is 2.31. The fourth-order valence-electron chi connectivity index (χ4n) is 1.74. The van der Waals surface area contributed by atoms with Gasteiger partial charge in [0, 0.05) is 4.88 Å². The second-order valence-corrected chi connectivity index (χ2v) is 5.91. The second kappa shape index (κ2) is 4.58. The largest absolute Gasteiger partial charge is 0.481 e. The van der Waals surface area contributed by atoms with Gasteiger partial charge in [0.2, 0.25) is 0 Å². The lowest BCUT2D eigenvalue weighted by atomic mass is 9.86. The van der Waals surface area contributed by atoms with Gasteiger partial charge in [-0.25, -0.2) is 0 Å². The van der Waals surface area contributed by atoms with Crippen LogP contribution in [0.3, 0.4) is 0 Å². The van der Waals surface area contributed by atoms with E-state index in [0.717, 1.165) is 16.0 Å². The normalized spacial score (nSPS) is 11.5. The van der Waals surface area contributed by atoms with Crippen molar-refractivity contribution in [1.29, 1.82) is 0 Å². The van der Waals surface area contributed by atoms with Crippen LogP contribution in [0.5, 0.6) is 0 Å². The summed E-state index contributed by atoms with van der Waals surface area (Å²) in [4.78, 5) is 12.3. The van der Waals surface area contributed by atoms with Gasteiger partial charge in [0.15, 0.2) is 0 Å². The van der Waals surface area contributed by atoms with E-state index in [0.29, 0.717) is 0 Å². The number of benzene rings is 1. The zero-order valence-electron chi connectivity index (χ0n) is 10.7. The molecule has 1 heterocycles. The maximum Gasteiger partial charge on any atom is 0.313 e. The predicted molar refractivity (Wildman–Crippen MR) is 75.2 cm³/mol. The highest BCUT2D eigenvalue weighted by atomic mass is 32.1. The molecule has 0 spiro atoms. The van der Waals surface area contributed by atoms with Crippen molar-refractivity contribution in [3.63, 3.8) is 0 Å². The van der Waals surface area contributed by atoms with E-state index in [1.807, 2.05) is 17.5 Å². The summed E-state index contributed by atoms with van der Waals surface area (Å²) in [6.07, 6.45) is 0. The molecule has 0 saturated carbocycles. The number of aliphatic carboxylic acids is 1. The molecule has 0 aliphatic rings. The molecule has 0 atom stereocenters. The summed E-state index contributed by atoms with van der Waals surface area (Å²) in [6.45, 7) is 5.52. The maximum atomic E-state index is 11.2. The Balaban J connectivity index is 2.40. The minimum absolute atomic E-state index is 0.795. The van der Waals surface area contributed by atoms with Crippen molar-refractivity contribution in [2.45, 2.75) is 26.2 Å². The molecule has 2 nitrogen and oxygen atoms in total. The average Bonchev–Trinajstić information content (AvgIpc) is 2.78. The van der Waals surface area contributed by atoms with Gasteiger partial charge >= 0.3 is 5.97 Å². The lowest BCUT2D eigenvalue weighted by molar-refractivity contribution is -0.142. The molecule has 2 rings (SSSR count). The van der Waals surface area contributed by atoms with Gasteiger partial charge in [0.25, 0.3) is 0 Å². The highest BCUT2D eigenvalue weighted by Gasteiger charge is 2.30. The molecule has 0 fully saturated rings. The van der Waals surface area contributed by atoms with Gasteiger partial charge in [0.05, 0.1) is 5.41 Å². The van der Waals surface area contributed by atoms with Crippen LogP contribution in [0.25, 0.3) is 10.4 Å². The summed E-state index contributed by atoms with van der Waals surface area (Å²) < 4.78 is 0. The first kappa shape index (κ1) is 12.8. The van der Waals surface area contributed by atoms with Gasteiger partial charge in [-0.1, -0.05) is 29.8 Å². The van der Waals surface area contributed by atoms with E-state index in [2.05, 4.69) is 25.1 Å². The molecule has 0 unspecified atom stereocenters. The zero-order valence-corrected chi connectivity index (χ0v) is 11.5. The Morgan fingerprint density at radius 1 is 1.28 bits per heavy atom. The molecule has 0 saturated heterocycles. The number of rotatable bonds is 3. The van der Waals surface area contributed by atoms with E-state index >= 15 is 0 Å². The van der Waals surface area contributed by atoms with E-state index in [1.165, 1.54) is 5.56 Å². The summed E-state index contributed by atoms with van der Waals surface area (Å²) >= 11 is 1.59. The minimum atomic E-state index is -0.835. The van der Waals surface area contributed by atoms with E-state index < -0.39 is 11.4 Å². The molecular formula is C15H16O2S. The Bertz CT molecular complexity index is 582. The molecular weight excluding hydrogens is 244 g/mol. The van der Waals surface area contributed by atoms with Gasteiger partial charge in [-0.05, 0) is 43.3 Å². The first-order valence-corrected chi connectivity index (χ1v) is 6.68. The lowest BCUT2D eigenvalue weighted by Gasteiger charge is -2.17. The molecule has 1 aromatic carbocycles. The Kier molecular flexibility index (Phi) is 3.26. The van der Waals surface area contributed by atoms with E-state index in [1.54, 1.807) is 25.2 Å². The van der Waals surface area contributed by atoms with Crippen LogP contribution in [-0.2, 0) is 10.2 Å². The molecule has 94 valence electrons. The fourth-order valence-corrected chi connectivity index (χ4v) is 2.81. The summed E-state index contributed by atoms with van der Waals surface area (Å²) in [7, 11) is 0. The Morgan fingerprint density at radius 2 is 2.00 bits per heavy atom. The topological polar surface area (TPSA) is 37.3 Å². The molecule has 0 amide bonds. The SMILES string of the molecule is Cc1cccc(-c2cc(C(C)(C)C(=O)O)cs2)c1. The van der Waals surface area contributed by atoms with Gasteiger partial charge in [-0.2, -0.15) is 0 Å². The Morgan fingerprint density at radius 3 is 2.61 bits per heavy atom. The highest BCUT2D eigenvalue weighted by Crippen LogP contribution is 2.33. The van der Waals surface area contributed by atoms with Crippen molar-refractivity contribution in [3.8, 4) is 10.4 Å². The number of aryl methyl sites for hydroxylation is 1. The molecule has 1 N–H and O–H groups in total. The van der Waals surface area contributed by atoms with Crippen LogP contribution in [0.1, 0.15) is 25.0 Å². The van der Waals surface area contributed by atoms with Crippen LogP contribution in [0.15, 0.2) is 35.7 Å². The highest BCUT2D eigenvalue weighted by molar-refractivity contribution is 7.13. The molecule has 18 heavy (non-hydrogen) atoms. The third-order valence-electron chi connectivity index (χ3n) is 3.16. The van der Waals surface area contributed by atoms with Crippen molar-refractivity contribution in [3.05, 3.63) is 46.8 Å². The van der Waals surface area contributed by atoms with Crippen LogP contribution in [-0.4, -0.2) is 11.1 Å². The number of hydrogen-bond donors (Lipinski definition) is 1. The van der Waals surface area contributed by atoms with E-state index in [-0.39, 0.29) is 0 Å². The number of hydrogen-bond acceptors (Lipinski definition) is 2. The number of carboxylic acid groups (broad SMARTS) is 1. The maximum absolute atomic E-state index is 11.2. The van der Waals surface area contributed by atoms with Gasteiger partial charge in [0.1, 0.15) is 0 Å². The second-order valence-electron chi connectivity index (χ2n) is 5.00. The van der Waals surface area contributed by atoms with Gasteiger partial charge < -0.3 is 5.11 Å². The van der Waals surface area contributed by atoms with Crippen molar-refractivity contribution in [1.82, 2.24) is 0 Å². The lowest BCUT2D eigenvalue weighted by Crippen LogP contribution is -2.27. The number of carbonyl (C=O) groups is 1. The summed E-state index contributed by atoms with van der Waals surface area (Å²) in [5, 5.41) is 11.2. The van der Waals surface area contributed by atoms with Crippen LogP contribution in [0.2, 0.25) is 0 Å². The van der Waals surface area contributed by atoms with Crippen LogP contribution < -0.4 is 0 Å². The van der Waals surface area contributed by atoms with Crippen molar-refractivity contribution in [2.24, 2.45) is 0 Å². The molecule has 2 aromatic rings. The van der Waals surface area contributed by atoms with Gasteiger partial charge in [-0.15, -0.1) is 11.3 Å². The standard InChI is InChI=1S/C15H16O2S/c1-10-5-4-6-11(7-10)13-8-12(9-18-13)15(2,3)14(16)17/h4-9H,1-3H3,(H,16,17). The molecule has 0 bridgehead atoms. The van der Waals surface area contributed by atoms with Crippen molar-refractivity contribution in [2.75, 3.05) is 0 Å². The van der Waals surface area contributed by atoms with Crippen molar-refractivity contribution < 1.29 is 9.90 Å². The molecule has 3 heteroatoms. The quantitative estimate of drug-likeness (QED) is 0.902. The van der Waals surface area contributed by atoms with Crippen LogP contribution >= 0.6 is 11.3 Å². The fraction of sp³-hybridized carbons (Fsp3) is 0.267. The Hall–Kier alpha value is -1.61. The average molecular weight is 260 g/mol. The zero-order chi connectivity index (χ0) is 13.3. The van der Waals surface area contributed by atoms with Crippen LogP contribution in [0.4, 0.5) is 0 Å². The summed E-state index contributed by atoms with van der Waals surface area (Å²) in [5.74, 6) is -0.795. The van der Waals surface area contributed by atoms with E-state index in [9.17, 15) is 9.90 Å². The van der Waals surface area contributed by atoms with Crippen LogP contribution in [0, 0.1) is 6.92 Å². The first-order valence-electron chi connectivity index (χ1n) is 5.80. The monoisotopic (exact) mass is 260 g/mol. The minimum Gasteiger partial charge on any atom is -0.481 e. The third-order valence-corrected chi connectivity index (χ3v) is 4.14. The molecule has 0 radical (unpaired) electrons. The molecule has 1 aromatic heterocycles. The Labute approximate surface area is 111 Å². The predicted octanol–water partition coefficient (Wildman–Crippen LogP) is 4.09. The number of carboxylic acids is 1.